The highest BCUT2D eigenvalue weighted by Crippen LogP contribution is 2.12. The zero-order valence-electron chi connectivity index (χ0n) is 20.6. The third-order valence-corrected chi connectivity index (χ3v) is 5.86. The summed E-state index contributed by atoms with van der Waals surface area (Å²) in [4.78, 5) is 38.0. The maximum Gasteiger partial charge on any atom is 0.328 e. The zero-order valence-corrected chi connectivity index (χ0v) is 20.6. The minimum Gasteiger partial charge on any atom is -0.461 e. The van der Waals surface area contributed by atoms with Crippen molar-refractivity contribution < 1.29 is 23.9 Å². The van der Waals surface area contributed by atoms with Crippen LogP contribution in [0.1, 0.15) is 42.9 Å². The number of aryl methyl sites for hydroxylation is 1. The Kier molecular flexibility index (Phi) is 10.7. The standard InChI is InChI=1S/C30H33NO5/c1-23(17-18-24-11-5-2-6-12-24)29(33)31-27(30(34)36-22-26-15-9-4-10-16-26)19-20-28(32)35-21-25-13-7-3-8-14-25/h2-16,23,27H,17-22H2,1H3,(H,31,33)/t23-,27+/m0/s1. The summed E-state index contributed by atoms with van der Waals surface area (Å²) in [5.74, 6) is -1.56. The van der Waals surface area contributed by atoms with Crippen molar-refractivity contribution in [1.82, 2.24) is 5.32 Å². The maximum atomic E-state index is 12.9. The number of hydrogen-bond acceptors (Lipinski definition) is 5. The quantitative estimate of drug-likeness (QED) is 0.343. The summed E-state index contributed by atoms with van der Waals surface area (Å²) < 4.78 is 10.8. The summed E-state index contributed by atoms with van der Waals surface area (Å²) in [6.07, 6.45) is 1.47. The predicted octanol–water partition coefficient (Wildman–Crippen LogP) is 5.01. The van der Waals surface area contributed by atoms with Crippen molar-refractivity contribution in [3.63, 3.8) is 0 Å². The Morgan fingerprint density at radius 2 is 1.19 bits per heavy atom. The molecule has 0 aliphatic carbocycles. The van der Waals surface area contributed by atoms with Crippen LogP contribution in [0.3, 0.4) is 0 Å². The van der Waals surface area contributed by atoms with E-state index in [1.54, 1.807) is 0 Å². The second kappa shape index (κ2) is 14.5. The molecule has 3 aromatic rings. The van der Waals surface area contributed by atoms with Gasteiger partial charge in [-0.1, -0.05) is 97.9 Å². The second-order valence-electron chi connectivity index (χ2n) is 8.76. The molecule has 0 aromatic heterocycles. The number of benzene rings is 3. The van der Waals surface area contributed by atoms with Crippen LogP contribution in [-0.2, 0) is 43.5 Å². The molecule has 6 heteroatoms. The molecule has 3 rings (SSSR count). The summed E-state index contributed by atoms with van der Waals surface area (Å²) in [6.45, 7) is 2.08. The molecular weight excluding hydrogens is 454 g/mol. The average molecular weight is 488 g/mol. The van der Waals surface area contributed by atoms with Gasteiger partial charge < -0.3 is 14.8 Å². The third kappa shape index (κ3) is 9.37. The summed E-state index contributed by atoms with van der Waals surface area (Å²) >= 11 is 0. The van der Waals surface area contributed by atoms with Crippen LogP contribution in [0.25, 0.3) is 0 Å². The van der Waals surface area contributed by atoms with Crippen LogP contribution in [0.5, 0.6) is 0 Å². The molecule has 0 unspecified atom stereocenters. The molecule has 0 bridgehead atoms. The van der Waals surface area contributed by atoms with Crippen LogP contribution < -0.4 is 5.32 Å². The SMILES string of the molecule is C[C@@H](CCc1ccccc1)C(=O)N[C@H](CCC(=O)OCc1ccccc1)C(=O)OCc1ccccc1. The average Bonchev–Trinajstić information content (AvgIpc) is 2.93. The minimum absolute atomic E-state index is 0.0172. The molecule has 0 radical (unpaired) electrons. The third-order valence-electron chi connectivity index (χ3n) is 5.86. The molecule has 3 aromatic carbocycles. The molecule has 0 heterocycles. The number of esters is 2. The van der Waals surface area contributed by atoms with E-state index >= 15 is 0 Å². The molecule has 6 nitrogen and oxygen atoms in total. The van der Waals surface area contributed by atoms with Gasteiger partial charge in [0, 0.05) is 12.3 Å². The van der Waals surface area contributed by atoms with Crippen molar-refractivity contribution in [3.05, 3.63) is 108 Å². The van der Waals surface area contributed by atoms with Crippen LogP contribution in [0.2, 0.25) is 0 Å². The highest BCUT2D eigenvalue weighted by molar-refractivity contribution is 5.86. The number of amides is 1. The Labute approximate surface area is 212 Å². The largest absolute Gasteiger partial charge is 0.461 e. The van der Waals surface area contributed by atoms with Gasteiger partial charge in [-0.3, -0.25) is 9.59 Å². The molecule has 0 saturated heterocycles. The number of carbonyl (C=O) groups excluding carboxylic acids is 3. The van der Waals surface area contributed by atoms with E-state index in [1.807, 2.05) is 97.9 Å². The van der Waals surface area contributed by atoms with Gasteiger partial charge in [-0.25, -0.2) is 4.79 Å². The normalized spacial score (nSPS) is 12.2. The van der Waals surface area contributed by atoms with Gasteiger partial charge in [0.2, 0.25) is 5.91 Å². The predicted molar refractivity (Wildman–Crippen MR) is 138 cm³/mol. The van der Waals surface area contributed by atoms with Gasteiger partial charge in [-0.2, -0.15) is 0 Å². The van der Waals surface area contributed by atoms with Crippen LogP contribution in [0.4, 0.5) is 0 Å². The molecule has 1 N–H and O–H groups in total. The molecule has 0 aliphatic rings. The zero-order chi connectivity index (χ0) is 25.6. The van der Waals surface area contributed by atoms with Gasteiger partial charge in [0.25, 0.3) is 0 Å². The molecule has 0 aliphatic heterocycles. The Balaban J connectivity index is 1.54. The lowest BCUT2D eigenvalue weighted by atomic mass is 9.99. The van der Waals surface area contributed by atoms with Gasteiger partial charge in [0.15, 0.2) is 0 Å². The van der Waals surface area contributed by atoms with Gasteiger partial charge in [0.05, 0.1) is 0 Å². The molecule has 2 atom stereocenters. The van der Waals surface area contributed by atoms with Crippen molar-refractivity contribution >= 4 is 17.8 Å². The van der Waals surface area contributed by atoms with Crippen molar-refractivity contribution in [2.45, 2.75) is 51.9 Å². The monoisotopic (exact) mass is 487 g/mol. The lowest BCUT2D eigenvalue weighted by molar-refractivity contribution is -0.151. The highest BCUT2D eigenvalue weighted by atomic mass is 16.5. The lowest BCUT2D eigenvalue weighted by Crippen LogP contribution is -2.44. The van der Waals surface area contributed by atoms with Crippen LogP contribution >= 0.6 is 0 Å². The first kappa shape index (κ1) is 26.7. The smallest absolute Gasteiger partial charge is 0.328 e. The minimum atomic E-state index is -0.940. The van der Waals surface area contributed by atoms with Gasteiger partial charge in [0.1, 0.15) is 19.3 Å². The highest BCUT2D eigenvalue weighted by Gasteiger charge is 2.26. The Morgan fingerprint density at radius 3 is 1.75 bits per heavy atom. The molecule has 1 amide bonds. The van der Waals surface area contributed by atoms with Crippen molar-refractivity contribution in [2.24, 2.45) is 5.92 Å². The van der Waals surface area contributed by atoms with E-state index in [4.69, 9.17) is 9.47 Å². The fourth-order valence-corrected chi connectivity index (χ4v) is 3.62. The fourth-order valence-electron chi connectivity index (χ4n) is 3.62. The molecule has 0 spiro atoms. The molecule has 0 fully saturated rings. The molecular formula is C30H33NO5. The number of nitrogens with one attached hydrogen (secondary N) is 1. The summed E-state index contributed by atoms with van der Waals surface area (Å²) in [6, 6.07) is 27.7. The van der Waals surface area contributed by atoms with E-state index in [1.165, 1.54) is 0 Å². The van der Waals surface area contributed by atoms with Crippen molar-refractivity contribution in [3.8, 4) is 0 Å². The van der Waals surface area contributed by atoms with E-state index in [-0.39, 0.29) is 37.9 Å². The Morgan fingerprint density at radius 1 is 0.694 bits per heavy atom. The number of ether oxygens (including phenoxy) is 2. The first-order chi connectivity index (χ1) is 17.5. The first-order valence-electron chi connectivity index (χ1n) is 12.3. The van der Waals surface area contributed by atoms with E-state index in [0.29, 0.717) is 6.42 Å². The fraction of sp³-hybridized carbons (Fsp3) is 0.300. The Hall–Kier alpha value is -3.93. The van der Waals surface area contributed by atoms with E-state index in [2.05, 4.69) is 5.32 Å². The van der Waals surface area contributed by atoms with Crippen molar-refractivity contribution in [1.29, 1.82) is 0 Å². The topological polar surface area (TPSA) is 81.7 Å². The Bertz CT molecular complexity index is 1090. The van der Waals surface area contributed by atoms with Crippen LogP contribution in [-0.4, -0.2) is 23.9 Å². The van der Waals surface area contributed by atoms with Gasteiger partial charge in [-0.15, -0.1) is 0 Å². The van der Waals surface area contributed by atoms with E-state index < -0.39 is 18.0 Å². The van der Waals surface area contributed by atoms with E-state index in [9.17, 15) is 14.4 Å². The van der Waals surface area contributed by atoms with Crippen LogP contribution in [0, 0.1) is 5.92 Å². The summed E-state index contributed by atoms with van der Waals surface area (Å²) in [5.41, 5.74) is 2.87. The first-order valence-corrected chi connectivity index (χ1v) is 12.3. The van der Waals surface area contributed by atoms with Gasteiger partial charge in [-0.05, 0) is 36.0 Å². The number of carbonyl (C=O) groups is 3. The second-order valence-corrected chi connectivity index (χ2v) is 8.76. The van der Waals surface area contributed by atoms with Crippen LogP contribution in [0.15, 0.2) is 91.0 Å². The van der Waals surface area contributed by atoms with Gasteiger partial charge >= 0.3 is 11.9 Å². The molecule has 36 heavy (non-hydrogen) atoms. The molecule has 0 saturated carbocycles. The number of rotatable bonds is 13. The number of hydrogen-bond donors (Lipinski definition) is 1. The summed E-state index contributed by atoms with van der Waals surface area (Å²) in [7, 11) is 0. The maximum absolute atomic E-state index is 12.9. The lowest BCUT2D eigenvalue weighted by Gasteiger charge is -2.20. The molecule has 188 valence electrons. The van der Waals surface area contributed by atoms with E-state index in [0.717, 1.165) is 23.1 Å². The van der Waals surface area contributed by atoms with Crippen molar-refractivity contribution in [2.75, 3.05) is 0 Å². The summed E-state index contributed by atoms with van der Waals surface area (Å²) in [5, 5.41) is 2.80.